The molecule has 1 saturated carbocycles. The van der Waals surface area contributed by atoms with Gasteiger partial charge < -0.3 is 5.11 Å². The molecule has 0 bridgehead atoms. The number of hydrogen-bond donors (Lipinski definition) is 1. The fourth-order valence-corrected chi connectivity index (χ4v) is 2.37. The van der Waals surface area contributed by atoms with Gasteiger partial charge in [0.15, 0.2) is 9.84 Å². The lowest BCUT2D eigenvalue weighted by Gasteiger charge is -2.23. The molecule has 1 aromatic rings. The van der Waals surface area contributed by atoms with E-state index in [1.807, 2.05) is 12.1 Å². The van der Waals surface area contributed by atoms with Gasteiger partial charge in [-0.3, -0.25) is 0 Å². The Hall–Kier alpha value is -0.870. The molecule has 0 spiro atoms. The monoisotopic (exact) mass is 254 g/mol. The van der Waals surface area contributed by atoms with Crippen molar-refractivity contribution in [1.82, 2.24) is 0 Å². The summed E-state index contributed by atoms with van der Waals surface area (Å²) in [5.41, 5.74) is 0.979. The molecule has 0 radical (unpaired) electrons. The summed E-state index contributed by atoms with van der Waals surface area (Å²) in [6.07, 6.45) is 2.83. The highest BCUT2D eigenvalue weighted by molar-refractivity contribution is 7.91. The normalized spacial score (nSPS) is 19.1. The maximum atomic E-state index is 11.7. The maximum absolute atomic E-state index is 11.7. The highest BCUT2D eigenvalue weighted by Crippen LogP contribution is 2.45. The predicted octanol–water partition coefficient (Wildman–Crippen LogP) is 1.95. The first-order valence-corrected chi connectivity index (χ1v) is 7.59. The van der Waals surface area contributed by atoms with Crippen LogP contribution in [0, 0.1) is 0 Å². The lowest BCUT2D eigenvalue weighted by atomic mass is 9.98. The van der Waals surface area contributed by atoms with E-state index in [1.165, 1.54) is 6.26 Å². The number of sulfone groups is 1. The van der Waals surface area contributed by atoms with Gasteiger partial charge in [0.25, 0.3) is 0 Å². The van der Waals surface area contributed by atoms with Crippen molar-refractivity contribution in [3.8, 4) is 0 Å². The Morgan fingerprint density at radius 1 is 1.18 bits per heavy atom. The topological polar surface area (TPSA) is 54.4 Å². The number of hydrogen-bond acceptors (Lipinski definition) is 3. The molecule has 0 unspecified atom stereocenters. The van der Waals surface area contributed by atoms with Crippen molar-refractivity contribution in [3.63, 3.8) is 0 Å². The third-order valence-corrected chi connectivity index (χ3v) is 5.86. The molecule has 94 valence electrons. The molecule has 4 heteroatoms. The second-order valence-corrected chi connectivity index (χ2v) is 7.96. The molecule has 1 fully saturated rings. The zero-order valence-electron chi connectivity index (χ0n) is 10.4. The summed E-state index contributed by atoms with van der Waals surface area (Å²) in [5, 5.41) is 9.94. The molecule has 0 atom stereocenters. The van der Waals surface area contributed by atoms with Gasteiger partial charge in [0, 0.05) is 6.26 Å². The summed E-state index contributed by atoms with van der Waals surface area (Å²) in [6.45, 7) is 3.40. The summed E-state index contributed by atoms with van der Waals surface area (Å²) in [4.78, 5) is 0. The Morgan fingerprint density at radius 2 is 1.65 bits per heavy atom. The van der Waals surface area contributed by atoms with E-state index in [9.17, 15) is 13.5 Å². The Kier molecular flexibility index (Phi) is 2.64. The zero-order chi connectivity index (χ0) is 12.9. The number of benzene rings is 1. The van der Waals surface area contributed by atoms with Crippen LogP contribution in [0.3, 0.4) is 0 Å². The van der Waals surface area contributed by atoms with Gasteiger partial charge in [-0.15, -0.1) is 0 Å². The lowest BCUT2D eigenvalue weighted by molar-refractivity contribution is 0.151. The molecule has 17 heavy (non-hydrogen) atoms. The summed E-state index contributed by atoms with van der Waals surface area (Å²) in [5.74, 6) is 0. The van der Waals surface area contributed by atoms with Crippen LogP contribution in [0.4, 0.5) is 0 Å². The lowest BCUT2D eigenvalue weighted by Crippen LogP contribution is -2.28. The van der Waals surface area contributed by atoms with E-state index in [4.69, 9.17) is 0 Å². The molecule has 1 aromatic carbocycles. The maximum Gasteiger partial charge on any atom is 0.156 e. The van der Waals surface area contributed by atoms with Crippen LogP contribution in [0.5, 0.6) is 0 Å². The van der Waals surface area contributed by atoms with Crippen LogP contribution in [0.1, 0.15) is 37.8 Å². The van der Waals surface area contributed by atoms with Crippen LogP contribution in [0.2, 0.25) is 0 Å². The van der Waals surface area contributed by atoms with Crippen molar-refractivity contribution in [2.75, 3.05) is 6.26 Å². The summed E-state index contributed by atoms with van der Waals surface area (Å²) in [6, 6.07) is 7.25. The molecule has 1 aliphatic carbocycles. The second kappa shape index (κ2) is 3.56. The Morgan fingerprint density at radius 3 is 2.00 bits per heavy atom. The first-order chi connectivity index (χ1) is 7.67. The van der Waals surface area contributed by atoms with Gasteiger partial charge in [-0.2, -0.15) is 0 Å². The first kappa shape index (κ1) is 12.6. The minimum absolute atomic E-state index is 0.659. The van der Waals surface area contributed by atoms with Crippen molar-refractivity contribution < 1.29 is 13.5 Å². The van der Waals surface area contributed by atoms with Crippen molar-refractivity contribution in [2.24, 2.45) is 0 Å². The van der Waals surface area contributed by atoms with Crippen molar-refractivity contribution in [3.05, 3.63) is 35.4 Å². The fourth-order valence-electron chi connectivity index (χ4n) is 1.80. The molecule has 0 heterocycles. The molecule has 1 N–H and O–H groups in total. The number of aliphatic hydroxyl groups is 1. The highest BCUT2D eigenvalue weighted by Gasteiger charge is 2.42. The minimum Gasteiger partial charge on any atom is -0.385 e. The number of rotatable bonds is 3. The Balaban J connectivity index is 2.36. The quantitative estimate of drug-likeness (QED) is 0.897. The van der Waals surface area contributed by atoms with E-state index in [0.29, 0.717) is 0 Å². The molecule has 0 saturated heterocycles. The van der Waals surface area contributed by atoms with Crippen LogP contribution in [-0.4, -0.2) is 19.8 Å². The van der Waals surface area contributed by atoms with Gasteiger partial charge in [-0.25, -0.2) is 8.42 Å². The standard InChI is InChI=1S/C13H18O3S/c1-12(2,17(3,15)16)10-4-6-11(7-5-10)13(14)8-9-13/h4-7,14H,8-9H2,1-3H3. The minimum atomic E-state index is -3.15. The predicted molar refractivity (Wildman–Crippen MR) is 67.4 cm³/mol. The molecular formula is C13H18O3S. The van der Waals surface area contributed by atoms with Gasteiger partial charge in [-0.05, 0) is 37.8 Å². The molecule has 0 amide bonds. The Bertz CT molecular complexity index is 522. The van der Waals surface area contributed by atoms with E-state index >= 15 is 0 Å². The van der Waals surface area contributed by atoms with Crippen molar-refractivity contribution >= 4 is 9.84 Å². The van der Waals surface area contributed by atoms with Crippen LogP contribution in [-0.2, 0) is 20.2 Å². The van der Waals surface area contributed by atoms with Gasteiger partial charge in [-0.1, -0.05) is 24.3 Å². The third-order valence-electron chi connectivity index (χ3n) is 3.77. The first-order valence-electron chi connectivity index (χ1n) is 5.70. The molecule has 0 aromatic heterocycles. The van der Waals surface area contributed by atoms with E-state index in [-0.39, 0.29) is 0 Å². The van der Waals surface area contributed by atoms with Crippen LogP contribution in [0.25, 0.3) is 0 Å². The van der Waals surface area contributed by atoms with Crippen LogP contribution >= 0.6 is 0 Å². The largest absolute Gasteiger partial charge is 0.385 e. The molecule has 0 aliphatic heterocycles. The fraction of sp³-hybridized carbons (Fsp3) is 0.538. The molecule has 1 aliphatic rings. The van der Waals surface area contributed by atoms with Gasteiger partial charge in [0.1, 0.15) is 0 Å². The van der Waals surface area contributed by atoms with Gasteiger partial charge in [0.05, 0.1) is 10.3 Å². The van der Waals surface area contributed by atoms with E-state index in [1.54, 1.807) is 26.0 Å². The van der Waals surface area contributed by atoms with E-state index in [0.717, 1.165) is 24.0 Å². The third kappa shape index (κ3) is 2.11. The smallest absolute Gasteiger partial charge is 0.156 e. The summed E-state index contributed by atoms with van der Waals surface area (Å²) in [7, 11) is -3.15. The van der Waals surface area contributed by atoms with Crippen LogP contribution < -0.4 is 0 Å². The van der Waals surface area contributed by atoms with Gasteiger partial charge in [0.2, 0.25) is 0 Å². The SMILES string of the molecule is CC(C)(c1ccc(C2(O)CC2)cc1)S(C)(=O)=O. The van der Waals surface area contributed by atoms with Gasteiger partial charge >= 0.3 is 0 Å². The van der Waals surface area contributed by atoms with Crippen molar-refractivity contribution in [2.45, 2.75) is 37.0 Å². The highest BCUT2D eigenvalue weighted by atomic mass is 32.2. The molecule has 2 rings (SSSR count). The zero-order valence-corrected chi connectivity index (χ0v) is 11.2. The van der Waals surface area contributed by atoms with E-state index in [2.05, 4.69) is 0 Å². The summed E-state index contributed by atoms with van der Waals surface area (Å²) < 4.78 is 22.5. The van der Waals surface area contributed by atoms with Crippen molar-refractivity contribution in [1.29, 1.82) is 0 Å². The average Bonchev–Trinajstić information content (AvgIpc) is 2.96. The average molecular weight is 254 g/mol. The van der Waals surface area contributed by atoms with Crippen LogP contribution in [0.15, 0.2) is 24.3 Å². The van der Waals surface area contributed by atoms with E-state index < -0.39 is 20.2 Å². The molecule has 3 nitrogen and oxygen atoms in total. The Labute approximate surface area is 102 Å². The second-order valence-electron chi connectivity index (χ2n) is 5.39. The molecular weight excluding hydrogens is 236 g/mol. The summed E-state index contributed by atoms with van der Waals surface area (Å²) >= 11 is 0.